The van der Waals surface area contributed by atoms with Gasteiger partial charge in [0.1, 0.15) is 6.04 Å². The Labute approximate surface area is 65.3 Å². The Morgan fingerprint density at radius 3 is 3.00 bits per heavy atom. The normalized spacial score (nSPS) is 26.8. The maximum atomic E-state index is 10.3. The maximum absolute atomic E-state index is 10.3. The van der Waals surface area contributed by atoms with Gasteiger partial charge in [0.05, 0.1) is 6.10 Å². The van der Waals surface area contributed by atoms with Crippen LogP contribution in [0.4, 0.5) is 0 Å². The quantitative estimate of drug-likeness (QED) is 0.606. The van der Waals surface area contributed by atoms with Crippen molar-refractivity contribution in [1.29, 1.82) is 0 Å². The number of carboxylic acid groups (broad SMARTS) is 1. The molecular weight excluding hydrogens is 146 g/mol. The van der Waals surface area contributed by atoms with E-state index in [9.17, 15) is 4.79 Å². The lowest BCUT2D eigenvalue weighted by molar-refractivity contribution is -0.139. The smallest absolute Gasteiger partial charge is 0.320 e. The van der Waals surface area contributed by atoms with Gasteiger partial charge >= 0.3 is 5.97 Å². The van der Waals surface area contributed by atoms with Crippen LogP contribution in [-0.2, 0) is 9.53 Å². The van der Waals surface area contributed by atoms with Crippen LogP contribution in [0.3, 0.4) is 0 Å². The lowest BCUT2D eigenvalue weighted by atomic mass is 10.1. The van der Waals surface area contributed by atoms with E-state index in [2.05, 4.69) is 0 Å². The molecule has 4 nitrogen and oxygen atoms in total. The molecule has 2 atom stereocenters. The number of nitrogens with two attached hydrogens (primary N) is 1. The minimum Gasteiger partial charge on any atom is -0.480 e. The first-order valence-electron chi connectivity index (χ1n) is 3.80. The molecule has 2 unspecified atom stereocenters. The first-order valence-corrected chi connectivity index (χ1v) is 3.80. The first-order chi connectivity index (χ1) is 5.20. The summed E-state index contributed by atoms with van der Waals surface area (Å²) >= 11 is 0. The van der Waals surface area contributed by atoms with Gasteiger partial charge in [-0.05, 0) is 19.3 Å². The van der Waals surface area contributed by atoms with Crippen LogP contribution in [0.15, 0.2) is 0 Å². The van der Waals surface area contributed by atoms with Gasteiger partial charge < -0.3 is 15.6 Å². The molecule has 0 amide bonds. The molecule has 1 heterocycles. The zero-order valence-corrected chi connectivity index (χ0v) is 6.32. The Kier molecular flexibility index (Phi) is 2.84. The molecule has 1 aliphatic heterocycles. The van der Waals surface area contributed by atoms with Gasteiger partial charge in [0.25, 0.3) is 0 Å². The molecule has 0 aliphatic carbocycles. The van der Waals surface area contributed by atoms with Crippen LogP contribution in [0.25, 0.3) is 0 Å². The number of rotatable bonds is 3. The van der Waals surface area contributed by atoms with E-state index in [1.54, 1.807) is 0 Å². The van der Waals surface area contributed by atoms with Crippen molar-refractivity contribution >= 4 is 5.97 Å². The fourth-order valence-electron chi connectivity index (χ4n) is 1.21. The molecule has 3 N–H and O–H groups in total. The highest BCUT2D eigenvalue weighted by Crippen LogP contribution is 2.16. The zero-order valence-electron chi connectivity index (χ0n) is 6.32. The van der Waals surface area contributed by atoms with Gasteiger partial charge in [-0.3, -0.25) is 4.79 Å². The Balaban J connectivity index is 2.23. The molecule has 0 aromatic rings. The molecule has 0 aromatic heterocycles. The first kappa shape index (κ1) is 8.49. The molecule has 0 spiro atoms. The van der Waals surface area contributed by atoms with Crippen LogP contribution in [-0.4, -0.2) is 29.8 Å². The highest BCUT2D eigenvalue weighted by molar-refractivity contribution is 5.73. The van der Waals surface area contributed by atoms with Gasteiger partial charge in [-0.1, -0.05) is 0 Å². The monoisotopic (exact) mass is 159 g/mol. The SMILES string of the molecule is NC(CC1CCCO1)C(=O)O. The molecule has 0 saturated carbocycles. The van der Waals surface area contributed by atoms with Crippen molar-refractivity contribution in [3.05, 3.63) is 0 Å². The zero-order chi connectivity index (χ0) is 8.27. The molecule has 64 valence electrons. The molecule has 4 heteroatoms. The average Bonchev–Trinajstić information content (AvgIpc) is 2.39. The Morgan fingerprint density at radius 1 is 1.82 bits per heavy atom. The number of hydrogen-bond acceptors (Lipinski definition) is 3. The van der Waals surface area contributed by atoms with Crippen LogP contribution < -0.4 is 5.73 Å². The molecule has 1 saturated heterocycles. The second-order valence-corrected chi connectivity index (χ2v) is 2.82. The highest BCUT2D eigenvalue weighted by atomic mass is 16.5. The van der Waals surface area contributed by atoms with Gasteiger partial charge in [0.15, 0.2) is 0 Å². The second-order valence-electron chi connectivity index (χ2n) is 2.82. The van der Waals surface area contributed by atoms with Gasteiger partial charge in [-0.2, -0.15) is 0 Å². The highest BCUT2D eigenvalue weighted by Gasteiger charge is 2.21. The van der Waals surface area contributed by atoms with Crippen molar-refractivity contribution in [3.63, 3.8) is 0 Å². The van der Waals surface area contributed by atoms with E-state index in [0.29, 0.717) is 6.42 Å². The van der Waals surface area contributed by atoms with E-state index < -0.39 is 12.0 Å². The van der Waals surface area contributed by atoms with Crippen molar-refractivity contribution < 1.29 is 14.6 Å². The lowest BCUT2D eigenvalue weighted by Gasteiger charge is -2.11. The second kappa shape index (κ2) is 3.69. The molecule has 0 aromatic carbocycles. The van der Waals surface area contributed by atoms with Crippen molar-refractivity contribution in [1.82, 2.24) is 0 Å². The van der Waals surface area contributed by atoms with E-state index in [-0.39, 0.29) is 6.10 Å². The summed E-state index contributed by atoms with van der Waals surface area (Å²) in [5, 5.41) is 8.46. The van der Waals surface area contributed by atoms with Gasteiger partial charge in [0.2, 0.25) is 0 Å². The number of ether oxygens (including phenoxy) is 1. The number of aliphatic carboxylic acids is 1. The molecule has 1 rings (SSSR count). The van der Waals surface area contributed by atoms with E-state index >= 15 is 0 Å². The topological polar surface area (TPSA) is 72.5 Å². The van der Waals surface area contributed by atoms with Crippen LogP contribution in [0.2, 0.25) is 0 Å². The summed E-state index contributed by atoms with van der Waals surface area (Å²) < 4.78 is 5.23. The molecule has 0 bridgehead atoms. The van der Waals surface area contributed by atoms with Crippen molar-refractivity contribution in [3.8, 4) is 0 Å². The maximum Gasteiger partial charge on any atom is 0.320 e. The molecular formula is C7H13NO3. The summed E-state index contributed by atoms with van der Waals surface area (Å²) in [7, 11) is 0. The molecule has 0 radical (unpaired) electrons. The summed E-state index contributed by atoms with van der Waals surface area (Å²) in [6, 6.07) is -0.766. The summed E-state index contributed by atoms with van der Waals surface area (Å²) in [5.74, 6) is -0.944. The summed E-state index contributed by atoms with van der Waals surface area (Å²) in [6.07, 6.45) is 2.48. The summed E-state index contributed by atoms with van der Waals surface area (Å²) in [5.41, 5.74) is 5.32. The van der Waals surface area contributed by atoms with Crippen molar-refractivity contribution in [2.45, 2.75) is 31.4 Å². The summed E-state index contributed by atoms with van der Waals surface area (Å²) in [6.45, 7) is 0.747. The third-order valence-electron chi connectivity index (χ3n) is 1.86. The fourth-order valence-corrected chi connectivity index (χ4v) is 1.21. The predicted molar refractivity (Wildman–Crippen MR) is 39.2 cm³/mol. The lowest BCUT2D eigenvalue weighted by Crippen LogP contribution is -2.33. The molecule has 1 fully saturated rings. The predicted octanol–water partition coefficient (Wildman–Crippen LogP) is -0.0326. The van der Waals surface area contributed by atoms with Crippen LogP contribution in [0.1, 0.15) is 19.3 Å². The standard InChI is InChI=1S/C7H13NO3/c8-6(7(9)10)4-5-2-1-3-11-5/h5-6H,1-4,8H2,(H,9,10). The Morgan fingerprint density at radius 2 is 2.55 bits per heavy atom. The van der Waals surface area contributed by atoms with Gasteiger partial charge in [-0.15, -0.1) is 0 Å². The Bertz CT molecular complexity index is 143. The number of carboxylic acids is 1. The minimum absolute atomic E-state index is 0.0705. The van der Waals surface area contributed by atoms with E-state index in [0.717, 1.165) is 19.4 Å². The van der Waals surface area contributed by atoms with Gasteiger partial charge in [0, 0.05) is 6.61 Å². The fraction of sp³-hybridized carbons (Fsp3) is 0.857. The third-order valence-corrected chi connectivity index (χ3v) is 1.86. The molecule has 11 heavy (non-hydrogen) atoms. The van der Waals surface area contributed by atoms with Crippen molar-refractivity contribution in [2.24, 2.45) is 5.73 Å². The van der Waals surface area contributed by atoms with Gasteiger partial charge in [-0.25, -0.2) is 0 Å². The van der Waals surface area contributed by atoms with E-state index in [1.165, 1.54) is 0 Å². The van der Waals surface area contributed by atoms with Crippen LogP contribution in [0.5, 0.6) is 0 Å². The third kappa shape index (κ3) is 2.48. The number of carbonyl (C=O) groups is 1. The van der Waals surface area contributed by atoms with Crippen LogP contribution >= 0.6 is 0 Å². The average molecular weight is 159 g/mol. The summed E-state index contributed by atoms with van der Waals surface area (Å²) in [4.78, 5) is 10.3. The van der Waals surface area contributed by atoms with E-state index in [4.69, 9.17) is 15.6 Å². The van der Waals surface area contributed by atoms with Crippen LogP contribution in [0, 0.1) is 0 Å². The minimum atomic E-state index is -0.944. The van der Waals surface area contributed by atoms with Crippen molar-refractivity contribution in [2.75, 3.05) is 6.61 Å². The number of hydrogen-bond donors (Lipinski definition) is 2. The molecule has 1 aliphatic rings. The van der Waals surface area contributed by atoms with E-state index in [1.807, 2.05) is 0 Å². The largest absolute Gasteiger partial charge is 0.480 e. The Hall–Kier alpha value is -0.610.